The highest BCUT2D eigenvalue weighted by atomic mass is 19.1. The summed E-state index contributed by atoms with van der Waals surface area (Å²) in [4.78, 5) is 14.2. The first-order valence-corrected chi connectivity index (χ1v) is 7.32. The summed E-state index contributed by atoms with van der Waals surface area (Å²) < 4.78 is 13.7. The Bertz CT molecular complexity index is 517. The van der Waals surface area contributed by atoms with Crippen molar-refractivity contribution in [2.45, 2.75) is 31.8 Å². The minimum absolute atomic E-state index is 0.00989. The number of nitrogens with two attached hydrogens (primary N) is 1. The molecule has 2 saturated carbocycles. The summed E-state index contributed by atoms with van der Waals surface area (Å²) in [6.07, 6.45) is 3.36. The van der Waals surface area contributed by atoms with E-state index in [1.165, 1.54) is 6.07 Å². The average molecular weight is 276 g/mol. The van der Waals surface area contributed by atoms with Crippen LogP contribution in [0.5, 0.6) is 0 Å². The van der Waals surface area contributed by atoms with Gasteiger partial charge in [-0.05, 0) is 37.2 Å². The molecule has 2 aliphatic rings. The van der Waals surface area contributed by atoms with Crippen LogP contribution in [0.3, 0.4) is 0 Å². The Morgan fingerprint density at radius 1 is 1.35 bits per heavy atom. The van der Waals surface area contributed by atoms with Gasteiger partial charge in [-0.25, -0.2) is 4.39 Å². The van der Waals surface area contributed by atoms with Crippen molar-refractivity contribution in [3.05, 3.63) is 35.6 Å². The van der Waals surface area contributed by atoms with Crippen molar-refractivity contribution in [3.8, 4) is 0 Å². The molecule has 1 amide bonds. The summed E-state index contributed by atoms with van der Waals surface area (Å²) >= 11 is 0. The highest BCUT2D eigenvalue weighted by Gasteiger charge is 2.49. The largest absolute Gasteiger partial charge is 0.341 e. The van der Waals surface area contributed by atoms with Gasteiger partial charge >= 0.3 is 0 Å². The second kappa shape index (κ2) is 5.17. The zero-order valence-electron chi connectivity index (χ0n) is 11.8. The summed E-state index contributed by atoms with van der Waals surface area (Å²) in [7, 11) is 1.74. The normalized spacial score (nSPS) is 31.6. The van der Waals surface area contributed by atoms with E-state index in [0.29, 0.717) is 23.9 Å². The van der Waals surface area contributed by atoms with Crippen molar-refractivity contribution in [1.82, 2.24) is 4.90 Å². The van der Waals surface area contributed by atoms with E-state index in [1.54, 1.807) is 30.1 Å². The quantitative estimate of drug-likeness (QED) is 0.919. The first-order valence-electron chi connectivity index (χ1n) is 7.32. The van der Waals surface area contributed by atoms with Crippen LogP contribution < -0.4 is 5.73 Å². The lowest BCUT2D eigenvalue weighted by atomic mass is 9.84. The van der Waals surface area contributed by atoms with Gasteiger partial charge in [-0.1, -0.05) is 18.2 Å². The number of carbonyl (C=O) groups excluding carboxylic acids is 1. The predicted octanol–water partition coefficient (Wildman–Crippen LogP) is 2.16. The van der Waals surface area contributed by atoms with E-state index in [-0.39, 0.29) is 23.7 Å². The Labute approximate surface area is 118 Å². The summed E-state index contributed by atoms with van der Waals surface area (Å²) in [6.45, 7) is 0.312. The lowest BCUT2D eigenvalue weighted by Crippen LogP contribution is -2.45. The maximum Gasteiger partial charge on any atom is 0.227 e. The molecule has 20 heavy (non-hydrogen) atoms. The number of fused-ring (bicyclic) bond motifs is 2. The highest BCUT2D eigenvalue weighted by Crippen LogP contribution is 2.48. The van der Waals surface area contributed by atoms with Gasteiger partial charge in [0.05, 0.1) is 5.92 Å². The van der Waals surface area contributed by atoms with E-state index in [2.05, 4.69) is 0 Å². The lowest BCUT2D eigenvalue weighted by molar-refractivity contribution is -0.137. The third-order valence-corrected chi connectivity index (χ3v) is 5.01. The third kappa shape index (κ3) is 2.22. The second-order valence-corrected chi connectivity index (χ2v) is 6.22. The molecule has 4 heteroatoms. The number of benzene rings is 1. The molecule has 2 bridgehead atoms. The van der Waals surface area contributed by atoms with E-state index in [9.17, 15) is 9.18 Å². The van der Waals surface area contributed by atoms with Crippen molar-refractivity contribution in [1.29, 1.82) is 0 Å². The zero-order valence-corrected chi connectivity index (χ0v) is 11.8. The molecule has 1 aromatic carbocycles. The second-order valence-electron chi connectivity index (χ2n) is 6.22. The van der Waals surface area contributed by atoms with E-state index < -0.39 is 0 Å². The van der Waals surface area contributed by atoms with Crippen molar-refractivity contribution < 1.29 is 9.18 Å². The van der Waals surface area contributed by atoms with Gasteiger partial charge in [0, 0.05) is 25.2 Å². The smallest absolute Gasteiger partial charge is 0.227 e. The number of halogens is 1. The molecule has 0 spiro atoms. The van der Waals surface area contributed by atoms with Crippen LogP contribution in [0.2, 0.25) is 0 Å². The van der Waals surface area contributed by atoms with Gasteiger partial charge in [0.15, 0.2) is 0 Å². The van der Waals surface area contributed by atoms with Gasteiger partial charge in [0.25, 0.3) is 0 Å². The summed E-state index contributed by atoms with van der Waals surface area (Å²) in [6, 6.07) is 6.59. The number of carbonyl (C=O) groups is 1. The molecule has 3 rings (SSSR count). The fourth-order valence-corrected chi connectivity index (χ4v) is 3.92. The average Bonchev–Trinajstić information content (AvgIpc) is 3.01. The fraction of sp³-hybridized carbons (Fsp3) is 0.562. The molecule has 2 N–H and O–H groups in total. The minimum Gasteiger partial charge on any atom is -0.341 e. The van der Waals surface area contributed by atoms with Crippen molar-refractivity contribution in [2.75, 3.05) is 7.05 Å². The van der Waals surface area contributed by atoms with E-state index in [1.807, 2.05) is 0 Å². The molecule has 3 nitrogen and oxygen atoms in total. The van der Waals surface area contributed by atoms with Crippen LogP contribution in [-0.4, -0.2) is 23.9 Å². The molecule has 108 valence electrons. The van der Waals surface area contributed by atoms with Crippen molar-refractivity contribution >= 4 is 5.91 Å². The van der Waals surface area contributed by atoms with Gasteiger partial charge in [-0.3, -0.25) is 4.79 Å². The monoisotopic (exact) mass is 276 g/mol. The van der Waals surface area contributed by atoms with Crippen LogP contribution in [0.25, 0.3) is 0 Å². The van der Waals surface area contributed by atoms with Crippen LogP contribution in [0, 0.1) is 23.6 Å². The first-order chi connectivity index (χ1) is 9.58. The first kappa shape index (κ1) is 13.6. The van der Waals surface area contributed by atoms with Crippen LogP contribution in [0.4, 0.5) is 4.39 Å². The van der Waals surface area contributed by atoms with Gasteiger partial charge in [0.2, 0.25) is 5.91 Å². The Kier molecular flexibility index (Phi) is 3.50. The molecule has 0 saturated heterocycles. The Morgan fingerprint density at radius 2 is 2.05 bits per heavy atom. The van der Waals surface area contributed by atoms with Crippen LogP contribution in [-0.2, 0) is 11.3 Å². The van der Waals surface area contributed by atoms with Gasteiger partial charge < -0.3 is 10.6 Å². The molecule has 0 aromatic heterocycles. The molecule has 2 aliphatic carbocycles. The number of hydrogen-bond acceptors (Lipinski definition) is 2. The van der Waals surface area contributed by atoms with Crippen molar-refractivity contribution in [3.63, 3.8) is 0 Å². The minimum atomic E-state index is -0.260. The Morgan fingerprint density at radius 3 is 2.70 bits per heavy atom. The van der Waals surface area contributed by atoms with Crippen molar-refractivity contribution in [2.24, 2.45) is 23.5 Å². The fourth-order valence-electron chi connectivity index (χ4n) is 3.92. The SMILES string of the molecule is CN(Cc1ccccc1F)C(=O)C1C2CCC(C2)C1N. The lowest BCUT2D eigenvalue weighted by Gasteiger charge is -2.30. The zero-order chi connectivity index (χ0) is 14.3. The molecule has 4 atom stereocenters. The summed E-state index contributed by atoms with van der Waals surface area (Å²) in [5.41, 5.74) is 6.76. The van der Waals surface area contributed by atoms with E-state index in [0.717, 1.165) is 19.3 Å². The van der Waals surface area contributed by atoms with Crippen LogP contribution in [0.15, 0.2) is 24.3 Å². The third-order valence-electron chi connectivity index (χ3n) is 5.01. The van der Waals surface area contributed by atoms with E-state index in [4.69, 9.17) is 5.73 Å². The standard InChI is InChI=1S/C16H21FN2O/c1-19(9-12-4-2-3-5-13(12)17)16(20)14-10-6-7-11(8-10)15(14)18/h2-5,10-11,14-15H,6-9,18H2,1H3. The molecule has 0 aliphatic heterocycles. The van der Waals surface area contributed by atoms with Crippen LogP contribution >= 0.6 is 0 Å². The molecular formula is C16H21FN2O. The van der Waals surface area contributed by atoms with Crippen LogP contribution in [0.1, 0.15) is 24.8 Å². The summed E-state index contributed by atoms with van der Waals surface area (Å²) in [5, 5.41) is 0. The number of rotatable bonds is 3. The highest BCUT2D eigenvalue weighted by molar-refractivity contribution is 5.80. The maximum absolute atomic E-state index is 13.7. The molecule has 1 aromatic rings. The maximum atomic E-state index is 13.7. The molecule has 0 heterocycles. The number of amides is 1. The van der Waals surface area contributed by atoms with Gasteiger partial charge in [0.1, 0.15) is 5.82 Å². The molecule has 2 fully saturated rings. The topological polar surface area (TPSA) is 46.3 Å². The molecular weight excluding hydrogens is 255 g/mol. The molecule has 0 radical (unpaired) electrons. The predicted molar refractivity (Wildman–Crippen MR) is 75.2 cm³/mol. The number of hydrogen-bond donors (Lipinski definition) is 1. The van der Waals surface area contributed by atoms with Gasteiger partial charge in [-0.2, -0.15) is 0 Å². The van der Waals surface area contributed by atoms with Gasteiger partial charge in [-0.15, -0.1) is 0 Å². The van der Waals surface area contributed by atoms with E-state index >= 15 is 0 Å². The summed E-state index contributed by atoms with van der Waals surface area (Å²) in [5.74, 6) is 0.698. The Balaban J connectivity index is 1.70. The Hall–Kier alpha value is -1.42. The number of nitrogens with zero attached hydrogens (tertiary/aromatic N) is 1. The molecule has 4 unspecified atom stereocenters.